The minimum absolute atomic E-state index is 0.0837. The zero-order valence-corrected chi connectivity index (χ0v) is 10.7. The highest BCUT2D eigenvalue weighted by atomic mass is 32.2. The first-order chi connectivity index (χ1) is 8.28. The van der Waals surface area contributed by atoms with Gasteiger partial charge in [-0.15, -0.1) is 0 Å². The van der Waals surface area contributed by atoms with Gasteiger partial charge in [0.05, 0.1) is 5.75 Å². The zero-order valence-electron chi connectivity index (χ0n) is 9.93. The first-order valence-electron chi connectivity index (χ1n) is 5.21. The maximum Gasteiger partial charge on any atom is 0.339 e. The molecule has 1 heterocycles. The highest BCUT2D eigenvalue weighted by Crippen LogP contribution is 2.27. The van der Waals surface area contributed by atoms with Crippen molar-refractivity contribution in [3.63, 3.8) is 0 Å². The lowest BCUT2D eigenvalue weighted by Gasteiger charge is -1.99. The number of benzene rings is 1. The minimum atomic E-state index is -3.15. The quantitative estimate of drug-likeness (QED) is 0.920. The van der Waals surface area contributed by atoms with Gasteiger partial charge in [0.1, 0.15) is 16.9 Å². The normalized spacial score (nSPS) is 11.9. The second kappa shape index (κ2) is 4.13. The first-order valence-corrected chi connectivity index (χ1v) is 7.27. The second-order valence-corrected chi connectivity index (χ2v) is 6.38. The number of carboxylic acid groups (broad SMARTS) is 1. The van der Waals surface area contributed by atoms with Crippen molar-refractivity contribution in [2.45, 2.75) is 12.7 Å². The summed E-state index contributed by atoms with van der Waals surface area (Å²) in [5, 5.41) is 9.53. The van der Waals surface area contributed by atoms with Crippen LogP contribution in [-0.4, -0.2) is 25.7 Å². The monoisotopic (exact) mass is 268 g/mol. The Labute approximate surface area is 104 Å². The van der Waals surface area contributed by atoms with E-state index in [-0.39, 0.29) is 11.3 Å². The van der Waals surface area contributed by atoms with Crippen LogP contribution in [0.5, 0.6) is 0 Å². The van der Waals surface area contributed by atoms with Crippen LogP contribution in [0.2, 0.25) is 0 Å². The molecule has 5 nitrogen and oxygen atoms in total. The van der Waals surface area contributed by atoms with Crippen molar-refractivity contribution in [3.8, 4) is 0 Å². The fourth-order valence-electron chi connectivity index (χ4n) is 1.93. The van der Waals surface area contributed by atoms with Gasteiger partial charge in [-0.3, -0.25) is 0 Å². The third-order valence-corrected chi connectivity index (χ3v) is 3.43. The SMILES string of the molecule is Cc1oc2ccc(CS(C)(=O)=O)cc2c1C(=O)O. The second-order valence-electron chi connectivity index (χ2n) is 4.24. The Balaban J connectivity index is 2.63. The summed E-state index contributed by atoms with van der Waals surface area (Å²) in [7, 11) is -3.15. The number of sulfone groups is 1. The van der Waals surface area contributed by atoms with E-state index in [0.29, 0.717) is 22.3 Å². The van der Waals surface area contributed by atoms with E-state index in [9.17, 15) is 13.2 Å². The number of carboxylic acids is 1. The van der Waals surface area contributed by atoms with E-state index in [4.69, 9.17) is 9.52 Å². The number of fused-ring (bicyclic) bond motifs is 1. The molecule has 6 heteroatoms. The van der Waals surface area contributed by atoms with Gasteiger partial charge in [0.15, 0.2) is 9.84 Å². The highest BCUT2D eigenvalue weighted by molar-refractivity contribution is 7.89. The fourth-order valence-corrected chi connectivity index (χ4v) is 2.71. The number of aryl methyl sites for hydroxylation is 1. The van der Waals surface area contributed by atoms with Crippen LogP contribution in [0.25, 0.3) is 11.0 Å². The van der Waals surface area contributed by atoms with Crippen LogP contribution in [0.3, 0.4) is 0 Å². The van der Waals surface area contributed by atoms with Crippen molar-refractivity contribution in [2.75, 3.05) is 6.26 Å². The van der Waals surface area contributed by atoms with Crippen molar-refractivity contribution >= 4 is 26.8 Å². The fraction of sp³-hybridized carbons (Fsp3) is 0.250. The van der Waals surface area contributed by atoms with E-state index in [1.54, 1.807) is 25.1 Å². The Morgan fingerprint density at radius 2 is 2.06 bits per heavy atom. The molecule has 0 aliphatic heterocycles. The summed E-state index contributed by atoms with van der Waals surface area (Å²) >= 11 is 0. The van der Waals surface area contributed by atoms with Crippen molar-refractivity contribution in [3.05, 3.63) is 35.1 Å². The molecule has 0 aliphatic rings. The summed E-state index contributed by atoms with van der Waals surface area (Å²) in [4.78, 5) is 11.1. The molecule has 0 spiro atoms. The first kappa shape index (κ1) is 12.6. The van der Waals surface area contributed by atoms with Gasteiger partial charge < -0.3 is 9.52 Å². The zero-order chi connectivity index (χ0) is 13.5. The van der Waals surface area contributed by atoms with E-state index in [1.807, 2.05) is 0 Å². The lowest BCUT2D eigenvalue weighted by atomic mass is 10.1. The largest absolute Gasteiger partial charge is 0.478 e. The maximum absolute atomic E-state index is 11.2. The average Bonchev–Trinajstić information content (AvgIpc) is 2.50. The van der Waals surface area contributed by atoms with Gasteiger partial charge >= 0.3 is 5.97 Å². The molecule has 0 amide bonds. The lowest BCUT2D eigenvalue weighted by molar-refractivity contribution is 0.0697. The molecular weight excluding hydrogens is 256 g/mol. The molecule has 2 rings (SSSR count). The van der Waals surface area contributed by atoms with Crippen LogP contribution < -0.4 is 0 Å². The molecule has 0 aliphatic carbocycles. The van der Waals surface area contributed by atoms with Gasteiger partial charge in [0.2, 0.25) is 0 Å². The van der Waals surface area contributed by atoms with Gasteiger partial charge in [-0.25, -0.2) is 13.2 Å². The summed E-state index contributed by atoms with van der Waals surface area (Å²) in [6.07, 6.45) is 1.13. The van der Waals surface area contributed by atoms with Gasteiger partial charge in [-0.2, -0.15) is 0 Å². The number of hydrogen-bond donors (Lipinski definition) is 1. The molecular formula is C12H12O5S. The molecule has 0 radical (unpaired) electrons. The number of furan rings is 1. The average molecular weight is 268 g/mol. The standard InChI is InChI=1S/C12H12O5S/c1-7-11(12(13)14)9-5-8(6-18(2,15)16)3-4-10(9)17-7/h3-5H,6H2,1-2H3,(H,13,14). The topological polar surface area (TPSA) is 84.6 Å². The summed E-state index contributed by atoms with van der Waals surface area (Å²) in [6, 6.07) is 4.77. The predicted molar refractivity (Wildman–Crippen MR) is 66.5 cm³/mol. The lowest BCUT2D eigenvalue weighted by Crippen LogP contribution is -2.01. The number of hydrogen-bond acceptors (Lipinski definition) is 4. The molecule has 0 atom stereocenters. The van der Waals surface area contributed by atoms with Gasteiger partial charge in [-0.1, -0.05) is 6.07 Å². The molecule has 1 aromatic carbocycles. The third-order valence-electron chi connectivity index (χ3n) is 2.57. The summed E-state index contributed by atoms with van der Waals surface area (Å²) in [5.41, 5.74) is 1.08. The van der Waals surface area contributed by atoms with Crippen LogP contribution in [0, 0.1) is 6.92 Å². The van der Waals surface area contributed by atoms with Crippen LogP contribution in [0.1, 0.15) is 21.7 Å². The molecule has 96 valence electrons. The van der Waals surface area contributed by atoms with E-state index in [2.05, 4.69) is 0 Å². The summed E-state index contributed by atoms with van der Waals surface area (Å²) in [5.74, 6) is -0.886. The van der Waals surface area contributed by atoms with Gasteiger partial charge in [-0.05, 0) is 24.6 Å². The van der Waals surface area contributed by atoms with Crippen molar-refractivity contribution in [1.82, 2.24) is 0 Å². The molecule has 0 saturated carbocycles. The van der Waals surface area contributed by atoms with Crippen molar-refractivity contribution in [1.29, 1.82) is 0 Å². The van der Waals surface area contributed by atoms with Gasteiger partial charge in [0.25, 0.3) is 0 Å². The molecule has 0 fully saturated rings. The molecule has 18 heavy (non-hydrogen) atoms. The Bertz CT molecular complexity index is 724. The summed E-state index contributed by atoms with van der Waals surface area (Å²) < 4.78 is 27.8. The van der Waals surface area contributed by atoms with E-state index >= 15 is 0 Å². The minimum Gasteiger partial charge on any atom is -0.478 e. The van der Waals surface area contributed by atoms with Crippen molar-refractivity contribution < 1.29 is 22.7 Å². The molecule has 1 N–H and O–H groups in total. The predicted octanol–water partition coefficient (Wildman–Crippen LogP) is 1.98. The third kappa shape index (κ3) is 2.38. The van der Waals surface area contributed by atoms with E-state index < -0.39 is 15.8 Å². The van der Waals surface area contributed by atoms with E-state index in [0.717, 1.165) is 6.26 Å². The maximum atomic E-state index is 11.2. The summed E-state index contributed by atoms with van der Waals surface area (Å²) in [6.45, 7) is 1.57. The molecule has 2 aromatic rings. The number of aromatic carboxylic acids is 1. The smallest absolute Gasteiger partial charge is 0.339 e. The number of carbonyl (C=O) groups is 1. The Morgan fingerprint density at radius 1 is 1.39 bits per heavy atom. The van der Waals surface area contributed by atoms with E-state index in [1.165, 1.54) is 0 Å². The Kier molecular flexibility index (Phi) is 2.90. The number of rotatable bonds is 3. The van der Waals surface area contributed by atoms with Crippen LogP contribution >= 0.6 is 0 Å². The molecule has 0 saturated heterocycles. The van der Waals surface area contributed by atoms with Crippen LogP contribution in [-0.2, 0) is 15.6 Å². The highest BCUT2D eigenvalue weighted by Gasteiger charge is 2.18. The molecule has 0 unspecified atom stereocenters. The van der Waals surface area contributed by atoms with Gasteiger partial charge in [0, 0.05) is 11.6 Å². The Hall–Kier alpha value is -1.82. The van der Waals surface area contributed by atoms with Crippen LogP contribution in [0.15, 0.2) is 22.6 Å². The molecule has 0 bridgehead atoms. The Morgan fingerprint density at radius 3 is 2.61 bits per heavy atom. The van der Waals surface area contributed by atoms with Crippen LogP contribution in [0.4, 0.5) is 0 Å². The molecule has 1 aromatic heterocycles. The van der Waals surface area contributed by atoms with Crippen molar-refractivity contribution in [2.24, 2.45) is 0 Å².